The second-order valence-electron chi connectivity index (χ2n) is 2.88. The molecule has 134 valence electrons. The van der Waals surface area contributed by atoms with Crippen LogP contribution in [0.15, 0.2) is 0 Å². The zero-order valence-electron chi connectivity index (χ0n) is 14.2. The van der Waals surface area contributed by atoms with Crippen LogP contribution in [0, 0.1) is 20.9 Å². The molecule has 0 aliphatic rings. The number of nitrogens with one attached hydrogen (secondary N) is 1. The standard InChI is InChI=1S/C6H11NO2.C4H9NO.C2H6.C2H5.Ag.V/c1-3-9-5-4-6(8)7-2;1-4(6)5(2)3;2*1-2;;/h1-5H2,(H,7,8);1-3H3;1-2H3;1H2,2H3;;/q-2;;;-1;;. The first-order valence-electron chi connectivity index (χ1n) is 6.27. The van der Waals surface area contributed by atoms with Crippen molar-refractivity contribution in [1.29, 1.82) is 0 Å². The SMILES string of the molecule is CC.CC(=O)N(C)C.[Ag].[CH2-]C.[CH2-]COCCC(=O)N[CH2-].[V]. The largest absolute Gasteiger partial charge is 0.508 e. The van der Waals surface area contributed by atoms with Crippen molar-refractivity contribution in [3.05, 3.63) is 20.9 Å². The van der Waals surface area contributed by atoms with Crippen LogP contribution in [0.4, 0.5) is 0 Å². The van der Waals surface area contributed by atoms with Gasteiger partial charge in [0.1, 0.15) is 0 Å². The summed E-state index contributed by atoms with van der Waals surface area (Å²) in [6, 6.07) is 0. The number of carbonyl (C=O) groups excluding carboxylic acids is 2. The van der Waals surface area contributed by atoms with E-state index in [1.54, 1.807) is 21.0 Å². The molecule has 0 aliphatic heterocycles. The number of hydrogen-bond donors (Lipinski definition) is 1. The fourth-order valence-electron chi connectivity index (χ4n) is 0.355. The maximum atomic E-state index is 10.4. The normalized spacial score (nSPS) is 6.71. The minimum Gasteiger partial charge on any atom is -0.508 e. The van der Waals surface area contributed by atoms with E-state index in [0.717, 1.165) is 0 Å². The Bertz CT molecular complexity index is 195. The molecule has 0 fully saturated rings. The molecule has 21 heavy (non-hydrogen) atoms. The van der Waals surface area contributed by atoms with Crippen LogP contribution in [-0.4, -0.2) is 44.0 Å². The molecule has 0 spiro atoms. The van der Waals surface area contributed by atoms with Gasteiger partial charge < -0.3 is 28.8 Å². The van der Waals surface area contributed by atoms with E-state index in [1.165, 1.54) is 11.8 Å². The van der Waals surface area contributed by atoms with Crippen LogP contribution < -0.4 is 5.32 Å². The molecule has 0 heterocycles. The van der Waals surface area contributed by atoms with Crippen molar-refractivity contribution in [2.45, 2.75) is 34.1 Å². The third-order valence-electron chi connectivity index (χ3n) is 1.44. The quantitative estimate of drug-likeness (QED) is 0.419. The van der Waals surface area contributed by atoms with Gasteiger partial charge in [0.25, 0.3) is 0 Å². The van der Waals surface area contributed by atoms with Gasteiger partial charge in [-0.3, -0.25) is 16.6 Å². The predicted molar refractivity (Wildman–Crippen MR) is 81.0 cm³/mol. The van der Waals surface area contributed by atoms with Crippen molar-refractivity contribution in [2.24, 2.45) is 0 Å². The summed E-state index contributed by atoms with van der Waals surface area (Å²) in [5.41, 5.74) is 0. The van der Waals surface area contributed by atoms with Crippen LogP contribution in [0.5, 0.6) is 0 Å². The Balaban J connectivity index is -0.0000000414. The average Bonchev–Trinajstić information content (AvgIpc) is 2.44. The number of rotatable bonds is 4. The van der Waals surface area contributed by atoms with Gasteiger partial charge >= 0.3 is 0 Å². The summed E-state index contributed by atoms with van der Waals surface area (Å²) < 4.78 is 4.81. The third-order valence-corrected chi connectivity index (χ3v) is 1.44. The zero-order chi connectivity index (χ0) is 16.3. The molecule has 0 saturated carbocycles. The number of ether oxygens (including phenoxy) is 1. The van der Waals surface area contributed by atoms with E-state index in [1.807, 2.05) is 13.8 Å². The van der Waals surface area contributed by atoms with Gasteiger partial charge in [0, 0.05) is 68.4 Å². The number of amides is 2. The van der Waals surface area contributed by atoms with Gasteiger partial charge in [-0.1, -0.05) is 20.5 Å². The molecule has 0 aromatic heterocycles. The minimum absolute atomic E-state index is 0. The van der Waals surface area contributed by atoms with E-state index >= 15 is 0 Å². The van der Waals surface area contributed by atoms with Crippen molar-refractivity contribution in [1.82, 2.24) is 10.2 Å². The van der Waals surface area contributed by atoms with Gasteiger partial charge in [-0.15, -0.1) is 0 Å². The molecule has 0 rings (SSSR count). The zero-order valence-corrected chi connectivity index (χ0v) is 17.0. The van der Waals surface area contributed by atoms with E-state index < -0.39 is 0 Å². The second kappa shape index (κ2) is 36.9. The van der Waals surface area contributed by atoms with Crippen molar-refractivity contribution in [3.8, 4) is 0 Å². The predicted octanol–water partition coefficient (Wildman–Crippen LogP) is 2.09. The summed E-state index contributed by atoms with van der Waals surface area (Å²) in [6.07, 6.45) is 0.360. The topological polar surface area (TPSA) is 58.6 Å². The van der Waals surface area contributed by atoms with Gasteiger partial charge in [0.2, 0.25) is 5.91 Å². The van der Waals surface area contributed by atoms with E-state index in [2.05, 4.69) is 26.2 Å². The molecule has 7 heteroatoms. The molecular formula is C14H31AgN2O3V-3. The second-order valence-corrected chi connectivity index (χ2v) is 2.88. The number of hydrogen-bond acceptors (Lipinski definition) is 3. The van der Waals surface area contributed by atoms with Crippen molar-refractivity contribution >= 4 is 11.8 Å². The fourth-order valence-corrected chi connectivity index (χ4v) is 0.355. The van der Waals surface area contributed by atoms with Crippen molar-refractivity contribution in [3.63, 3.8) is 0 Å². The van der Waals surface area contributed by atoms with E-state index in [0.29, 0.717) is 19.6 Å². The van der Waals surface area contributed by atoms with E-state index in [9.17, 15) is 9.59 Å². The van der Waals surface area contributed by atoms with Crippen molar-refractivity contribution < 1.29 is 55.3 Å². The fraction of sp³-hybridized carbons (Fsp3) is 0.643. The smallest absolute Gasteiger partial charge is 0.218 e. The Morgan fingerprint density at radius 1 is 1.19 bits per heavy atom. The first kappa shape index (κ1) is 37.5. The van der Waals surface area contributed by atoms with Crippen LogP contribution >= 0.6 is 0 Å². The molecule has 5 nitrogen and oxygen atoms in total. The van der Waals surface area contributed by atoms with E-state index in [4.69, 9.17) is 4.74 Å². The summed E-state index contributed by atoms with van der Waals surface area (Å²) >= 11 is 0. The Hall–Kier alpha value is 0.225. The van der Waals surface area contributed by atoms with Crippen LogP contribution in [0.25, 0.3) is 0 Å². The van der Waals surface area contributed by atoms with Gasteiger partial charge in [0.05, 0.1) is 6.61 Å². The Kier molecular flexibility index (Phi) is 65.9. The Labute approximate surface area is 159 Å². The van der Waals surface area contributed by atoms with Crippen LogP contribution in [0.3, 0.4) is 0 Å². The summed E-state index contributed by atoms with van der Waals surface area (Å²) in [5.74, 6) is -0.0153. The first-order chi connectivity index (χ1) is 8.95. The first-order valence-corrected chi connectivity index (χ1v) is 6.27. The monoisotopic (exact) mass is 433 g/mol. The van der Waals surface area contributed by atoms with Crippen LogP contribution in [0.1, 0.15) is 34.1 Å². The summed E-state index contributed by atoms with van der Waals surface area (Å²) in [5, 5.41) is 2.23. The van der Waals surface area contributed by atoms with Crippen molar-refractivity contribution in [2.75, 3.05) is 27.3 Å². The van der Waals surface area contributed by atoms with Gasteiger partial charge in [-0.2, -0.15) is 6.92 Å². The average molecular weight is 434 g/mol. The molecule has 1 N–H and O–H groups in total. The molecule has 2 radical (unpaired) electrons. The van der Waals surface area contributed by atoms with Gasteiger partial charge in [-0.05, 0) is 0 Å². The summed E-state index contributed by atoms with van der Waals surface area (Å²) in [4.78, 5) is 22.0. The molecule has 0 unspecified atom stereocenters. The minimum atomic E-state index is -0.108. The molecule has 2 amide bonds. The molecule has 0 aromatic rings. The maximum absolute atomic E-state index is 10.4. The van der Waals surface area contributed by atoms with E-state index in [-0.39, 0.29) is 52.8 Å². The molecule has 0 bridgehead atoms. The summed E-state index contributed by atoms with van der Waals surface area (Å²) in [6.45, 7) is 14.8. The van der Waals surface area contributed by atoms with Crippen LogP contribution in [0.2, 0.25) is 0 Å². The molecule has 0 atom stereocenters. The third kappa shape index (κ3) is 53.3. The molecule has 0 aromatic carbocycles. The number of carbonyl (C=O) groups is 2. The van der Waals surface area contributed by atoms with Crippen LogP contribution in [-0.2, 0) is 55.3 Å². The summed E-state index contributed by atoms with van der Waals surface area (Å²) in [7, 11) is 6.64. The van der Waals surface area contributed by atoms with Gasteiger partial charge in [0.15, 0.2) is 5.91 Å². The Morgan fingerprint density at radius 3 is 1.71 bits per heavy atom. The maximum Gasteiger partial charge on any atom is 0.218 e. The molecule has 0 aliphatic carbocycles. The molecular weight excluding hydrogens is 403 g/mol. The van der Waals surface area contributed by atoms with Gasteiger partial charge in [-0.25, -0.2) is 0 Å². The number of nitrogens with zero attached hydrogens (tertiary/aromatic N) is 1. The molecule has 0 saturated heterocycles. The Morgan fingerprint density at radius 2 is 1.52 bits per heavy atom.